The topological polar surface area (TPSA) is 35.2 Å². The van der Waals surface area contributed by atoms with Gasteiger partial charge in [-0.1, -0.05) is 24.6 Å². The maximum absolute atomic E-state index is 13.1. The third-order valence-electron chi connectivity index (χ3n) is 4.66. The van der Waals surface area contributed by atoms with Crippen LogP contribution in [-0.2, 0) is 11.2 Å². The smallest absolute Gasteiger partial charge is 0.124 e. The summed E-state index contributed by atoms with van der Waals surface area (Å²) in [4.78, 5) is 0. The number of hydrogen-bond acceptors (Lipinski definition) is 2. The van der Waals surface area contributed by atoms with Crippen LogP contribution in [0.3, 0.4) is 0 Å². The predicted octanol–water partition coefficient (Wildman–Crippen LogP) is 3.94. The molecule has 0 saturated heterocycles. The normalized spacial score (nSPS) is 28.4. The van der Waals surface area contributed by atoms with E-state index in [9.17, 15) is 4.39 Å². The summed E-state index contributed by atoms with van der Waals surface area (Å²) in [5, 5.41) is 0.441. The molecule has 4 heteroatoms. The molecule has 2 nitrogen and oxygen atoms in total. The molecule has 1 unspecified atom stereocenters. The van der Waals surface area contributed by atoms with E-state index >= 15 is 0 Å². The minimum Gasteiger partial charge on any atom is -0.377 e. The molecule has 1 aromatic carbocycles. The highest BCUT2D eigenvalue weighted by Crippen LogP contribution is 2.37. The van der Waals surface area contributed by atoms with E-state index in [-0.39, 0.29) is 17.5 Å². The van der Waals surface area contributed by atoms with Crippen molar-refractivity contribution in [2.24, 2.45) is 11.7 Å². The zero-order chi connectivity index (χ0) is 14.8. The van der Waals surface area contributed by atoms with Gasteiger partial charge >= 0.3 is 0 Å². The SMILES string of the molecule is COC1(C(N)Cc2ccc(F)cc2Cl)CCC(C)CC1. The fourth-order valence-corrected chi connectivity index (χ4v) is 3.33. The summed E-state index contributed by atoms with van der Waals surface area (Å²) >= 11 is 6.09. The highest BCUT2D eigenvalue weighted by molar-refractivity contribution is 6.31. The molecule has 0 spiro atoms. The van der Waals surface area contributed by atoms with Gasteiger partial charge in [0.25, 0.3) is 0 Å². The summed E-state index contributed by atoms with van der Waals surface area (Å²) in [6.45, 7) is 2.27. The number of benzene rings is 1. The van der Waals surface area contributed by atoms with Crippen LogP contribution in [0.15, 0.2) is 18.2 Å². The van der Waals surface area contributed by atoms with E-state index < -0.39 is 0 Å². The Hall–Kier alpha value is -0.640. The van der Waals surface area contributed by atoms with E-state index in [0.29, 0.717) is 11.4 Å². The zero-order valence-corrected chi connectivity index (χ0v) is 12.9. The number of halogens is 2. The van der Waals surface area contributed by atoms with Crippen LogP contribution in [0.5, 0.6) is 0 Å². The van der Waals surface area contributed by atoms with Gasteiger partial charge in [0, 0.05) is 18.2 Å². The average Bonchev–Trinajstić information content (AvgIpc) is 2.43. The Morgan fingerprint density at radius 1 is 1.45 bits per heavy atom. The summed E-state index contributed by atoms with van der Waals surface area (Å²) in [5.41, 5.74) is 7.01. The number of nitrogens with two attached hydrogens (primary N) is 1. The Bertz CT molecular complexity index is 458. The second-order valence-corrected chi connectivity index (χ2v) is 6.40. The summed E-state index contributed by atoms with van der Waals surface area (Å²) in [6.07, 6.45) is 4.84. The number of ether oxygens (including phenoxy) is 1. The summed E-state index contributed by atoms with van der Waals surface area (Å²) in [7, 11) is 1.74. The first-order valence-corrected chi connectivity index (χ1v) is 7.59. The number of hydrogen-bond donors (Lipinski definition) is 1. The molecule has 20 heavy (non-hydrogen) atoms. The zero-order valence-electron chi connectivity index (χ0n) is 12.2. The van der Waals surface area contributed by atoms with Crippen molar-refractivity contribution in [3.63, 3.8) is 0 Å². The van der Waals surface area contributed by atoms with Crippen molar-refractivity contribution in [2.45, 2.75) is 50.7 Å². The van der Waals surface area contributed by atoms with Crippen molar-refractivity contribution in [2.75, 3.05) is 7.11 Å². The van der Waals surface area contributed by atoms with Crippen LogP contribution in [0, 0.1) is 11.7 Å². The van der Waals surface area contributed by atoms with Crippen molar-refractivity contribution in [3.8, 4) is 0 Å². The molecule has 0 heterocycles. The van der Waals surface area contributed by atoms with Crippen molar-refractivity contribution < 1.29 is 9.13 Å². The molecule has 1 aliphatic carbocycles. The van der Waals surface area contributed by atoms with E-state index in [1.165, 1.54) is 12.1 Å². The molecule has 1 aliphatic rings. The quantitative estimate of drug-likeness (QED) is 0.914. The van der Waals surface area contributed by atoms with Crippen LogP contribution in [0.2, 0.25) is 5.02 Å². The number of rotatable bonds is 4. The van der Waals surface area contributed by atoms with Gasteiger partial charge in [0.1, 0.15) is 5.82 Å². The van der Waals surface area contributed by atoms with Crippen LogP contribution in [0.25, 0.3) is 0 Å². The molecule has 1 aromatic rings. The standard InChI is InChI=1S/C16H23ClFNO/c1-11-5-7-16(20-2,8-6-11)15(19)9-12-3-4-13(18)10-14(12)17/h3-4,10-11,15H,5-9,19H2,1-2H3. The molecule has 2 rings (SSSR count). The maximum atomic E-state index is 13.1. The minimum atomic E-state index is -0.319. The third-order valence-corrected chi connectivity index (χ3v) is 5.01. The van der Waals surface area contributed by atoms with Gasteiger partial charge in [0.05, 0.1) is 5.60 Å². The van der Waals surface area contributed by atoms with E-state index in [1.807, 2.05) is 0 Å². The molecule has 1 atom stereocenters. The van der Waals surface area contributed by atoms with Crippen LogP contribution in [0.1, 0.15) is 38.2 Å². The minimum absolute atomic E-state index is 0.122. The molecule has 2 N–H and O–H groups in total. The van der Waals surface area contributed by atoms with Gasteiger partial charge in [-0.3, -0.25) is 0 Å². The average molecular weight is 300 g/mol. The number of methoxy groups -OCH3 is 1. The lowest BCUT2D eigenvalue weighted by molar-refractivity contribution is -0.0659. The summed E-state index contributed by atoms with van der Waals surface area (Å²) < 4.78 is 18.9. The molecular weight excluding hydrogens is 277 g/mol. The lowest BCUT2D eigenvalue weighted by Gasteiger charge is -2.42. The Kier molecular flexibility index (Phi) is 5.05. The van der Waals surface area contributed by atoms with Crippen LogP contribution < -0.4 is 5.73 Å². The predicted molar refractivity (Wildman–Crippen MR) is 80.5 cm³/mol. The lowest BCUT2D eigenvalue weighted by Crippen LogP contribution is -2.52. The van der Waals surface area contributed by atoms with Crippen LogP contribution >= 0.6 is 11.6 Å². The third kappa shape index (κ3) is 3.33. The van der Waals surface area contributed by atoms with Crippen LogP contribution in [0.4, 0.5) is 4.39 Å². The molecule has 0 bridgehead atoms. The fraction of sp³-hybridized carbons (Fsp3) is 0.625. The Morgan fingerprint density at radius 3 is 2.65 bits per heavy atom. The monoisotopic (exact) mass is 299 g/mol. The van der Waals surface area contributed by atoms with Gasteiger partial charge < -0.3 is 10.5 Å². The highest BCUT2D eigenvalue weighted by atomic mass is 35.5. The molecule has 1 fully saturated rings. The van der Waals surface area contributed by atoms with E-state index in [4.69, 9.17) is 22.1 Å². The molecule has 1 saturated carbocycles. The second-order valence-electron chi connectivity index (χ2n) is 6.00. The van der Waals surface area contributed by atoms with Gasteiger partial charge in [-0.2, -0.15) is 0 Å². The molecular formula is C16H23ClFNO. The van der Waals surface area contributed by atoms with Crippen molar-refractivity contribution in [3.05, 3.63) is 34.6 Å². The van der Waals surface area contributed by atoms with Gasteiger partial charge in [-0.15, -0.1) is 0 Å². The molecule has 0 aliphatic heterocycles. The van der Waals surface area contributed by atoms with Gasteiger partial charge in [0.2, 0.25) is 0 Å². The van der Waals surface area contributed by atoms with Crippen molar-refractivity contribution in [1.29, 1.82) is 0 Å². The van der Waals surface area contributed by atoms with E-state index in [2.05, 4.69) is 6.92 Å². The Morgan fingerprint density at radius 2 is 2.10 bits per heavy atom. The summed E-state index contributed by atoms with van der Waals surface area (Å²) in [5.74, 6) is 0.417. The van der Waals surface area contributed by atoms with Gasteiger partial charge in [-0.25, -0.2) is 4.39 Å². The molecule has 0 radical (unpaired) electrons. The fourth-order valence-electron chi connectivity index (χ4n) is 3.09. The molecule has 0 aromatic heterocycles. The van der Waals surface area contributed by atoms with E-state index in [0.717, 1.165) is 37.2 Å². The van der Waals surface area contributed by atoms with Crippen molar-refractivity contribution >= 4 is 11.6 Å². The molecule has 112 valence electrons. The molecule has 0 amide bonds. The van der Waals surface area contributed by atoms with Crippen molar-refractivity contribution in [1.82, 2.24) is 0 Å². The lowest BCUT2D eigenvalue weighted by atomic mass is 9.74. The van der Waals surface area contributed by atoms with E-state index in [1.54, 1.807) is 13.2 Å². The first-order chi connectivity index (χ1) is 9.47. The van der Waals surface area contributed by atoms with Crippen LogP contribution in [-0.4, -0.2) is 18.8 Å². The first-order valence-electron chi connectivity index (χ1n) is 7.21. The van der Waals surface area contributed by atoms with Gasteiger partial charge in [-0.05, 0) is 55.7 Å². The maximum Gasteiger partial charge on any atom is 0.124 e. The Labute approximate surface area is 125 Å². The largest absolute Gasteiger partial charge is 0.377 e. The first kappa shape index (κ1) is 15.7. The summed E-state index contributed by atoms with van der Waals surface area (Å²) in [6, 6.07) is 4.36. The Balaban J connectivity index is 2.11. The highest BCUT2D eigenvalue weighted by Gasteiger charge is 2.39. The van der Waals surface area contributed by atoms with Gasteiger partial charge in [0.15, 0.2) is 0 Å². The second kappa shape index (κ2) is 6.42.